The number of allylic oxidation sites excluding steroid dienone is 3. The van der Waals surface area contributed by atoms with Gasteiger partial charge in [-0.1, -0.05) is 44.0 Å². The van der Waals surface area contributed by atoms with Gasteiger partial charge in [-0.2, -0.15) is 0 Å². The summed E-state index contributed by atoms with van der Waals surface area (Å²) < 4.78 is 8.22. The van der Waals surface area contributed by atoms with Crippen molar-refractivity contribution in [1.82, 2.24) is 0 Å². The van der Waals surface area contributed by atoms with Gasteiger partial charge in [0.15, 0.2) is 0 Å². The highest BCUT2D eigenvalue weighted by molar-refractivity contribution is 5.25. The molecule has 0 heterocycles. The molecule has 3 saturated carbocycles. The fourth-order valence-corrected chi connectivity index (χ4v) is 8.37. The zero-order valence-corrected chi connectivity index (χ0v) is 19.1. The molecule has 0 aliphatic heterocycles. The van der Waals surface area contributed by atoms with E-state index < -0.39 is 0 Å². The minimum atomic E-state index is -0.0980. The van der Waals surface area contributed by atoms with Crippen LogP contribution in [0.4, 0.5) is 0 Å². The van der Waals surface area contributed by atoms with Gasteiger partial charge in [-0.15, -0.1) is 0 Å². The van der Waals surface area contributed by atoms with Gasteiger partial charge in [0.1, 0.15) is 0 Å². The fourth-order valence-electron chi connectivity index (χ4n) is 8.37. The minimum absolute atomic E-state index is 0.0980. The average molecular weight is 387 g/mol. The van der Waals surface area contributed by atoms with Crippen molar-refractivity contribution in [2.45, 2.75) is 105 Å². The predicted molar refractivity (Wildman–Crippen MR) is 119 cm³/mol. The van der Waals surface area contributed by atoms with Crippen LogP contribution >= 0.6 is 0 Å². The number of rotatable bonds is 4. The second-order valence-electron chi connectivity index (χ2n) is 11.6. The van der Waals surface area contributed by atoms with Crippen LogP contribution in [-0.4, -0.2) is 11.2 Å². The summed E-state index contributed by atoms with van der Waals surface area (Å²) in [5.41, 5.74) is 3.64. The van der Waals surface area contributed by atoms with Gasteiger partial charge in [0.05, 0.1) is 7.47 Å². The van der Waals surface area contributed by atoms with Crippen molar-refractivity contribution < 1.29 is 6.48 Å². The molecule has 1 unspecified atom stereocenters. The molecule has 28 heavy (non-hydrogen) atoms. The van der Waals surface area contributed by atoms with Gasteiger partial charge in [-0.05, 0) is 118 Å². The van der Waals surface area contributed by atoms with Crippen LogP contribution in [0.25, 0.3) is 0 Å². The first-order chi connectivity index (χ1) is 13.7. The molecule has 0 aromatic carbocycles. The lowest BCUT2D eigenvalue weighted by atomic mass is 9.47. The topological polar surface area (TPSA) is 20.2 Å². The second kappa shape index (κ2) is 7.60. The first kappa shape index (κ1) is 19.4. The minimum Gasteiger partial charge on any atom is -0.393 e. The quantitative estimate of drug-likeness (QED) is 0.397. The molecule has 0 aromatic rings. The largest absolute Gasteiger partial charge is 0.393 e. The number of hydrogen-bond acceptors (Lipinski definition) is 1. The van der Waals surface area contributed by atoms with Crippen LogP contribution in [0.1, 0.15) is 100 Å². The van der Waals surface area contributed by atoms with Gasteiger partial charge >= 0.3 is 0 Å². The Labute approximate surface area is 175 Å². The van der Waals surface area contributed by atoms with Crippen molar-refractivity contribution in [3.05, 3.63) is 23.3 Å². The van der Waals surface area contributed by atoms with Crippen molar-refractivity contribution in [3.63, 3.8) is 0 Å². The third kappa shape index (κ3) is 3.34. The Morgan fingerprint density at radius 3 is 2.75 bits per heavy atom. The summed E-state index contributed by atoms with van der Waals surface area (Å²) in [6.07, 6.45) is 14.6. The Bertz CT molecular complexity index is 689. The first-order valence-electron chi connectivity index (χ1n) is 12.7. The zero-order valence-electron chi connectivity index (χ0n) is 20.1. The van der Waals surface area contributed by atoms with Crippen LogP contribution in [-0.2, 0) is 0 Å². The van der Waals surface area contributed by atoms with E-state index in [0.29, 0.717) is 10.8 Å². The lowest BCUT2D eigenvalue weighted by molar-refractivity contribution is -0.0571. The van der Waals surface area contributed by atoms with Crippen LogP contribution in [0.5, 0.6) is 0 Å². The maximum atomic E-state index is 10.2. The lowest BCUT2D eigenvalue weighted by Gasteiger charge is -2.58. The predicted octanol–water partition coefficient (Wildman–Crippen LogP) is 7.31. The molecule has 8 atom stereocenters. The highest BCUT2D eigenvalue weighted by atomic mass is 16.3. The molecule has 4 aliphatic carbocycles. The maximum absolute atomic E-state index is 10.2. The van der Waals surface area contributed by atoms with E-state index in [-0.39, 0.29) is 6.10 Å². The second-order valence-corrected chi connectivity index (χ2v) is 11.6. The number of fused-ring (bicyclic) bond motifs is 5. The van der Waals surface area contributed by atoms with Gasteiger partial charge in [0, 0.05) is 0 Å². The number of hydrogen-bond donors (Lipinski definition) is 1. The molecule has 0 aromatic heterocycles. The molecule has 1 N–H and O–H groups in total. The van der Waals surface area contributed by atoms with Crippen molar-refractivity contribution in [1.29, 1.82) is 0 Å². The summed E-state index contributed by atoms with van der Waals surface area (Å²) in [5, 5.41) is 10.2. The van der Waals surface area contributed by atoms with Gasteiger partial charge in [0.2, 0.25) is 0 Å². The van der Waals surface area contributed by atoms with E-state index in [1.807, 2.05) is 0 Å². The molecule has 0 bridgehead atoms. The summed E-state index contributed by atoms with van der Waals surface area (Å²) in [6.45, 7) is 11.8. The molecule has 0 radical (unpaired) electrons. The van der Waals surface area contributed by atoms with Crippen LogP contribution < -0.4 is 0 Å². The van der Waals surface area contributed by atoms with Gasteiger partial charge in [0.25, 0.3) is 0 Å². The van der Waals surface area contributed by atoms with Crippen LogP contribution in [0.2, 0.25) is 0 Å². The molecule has 4 rings (SSSR count). The normalized spacial score (nSPS) is 46.6. The van der Waals surface area contributed by atoms with Crippen molar-refractivity contribution in [3.8, 4) is 0 Å². The van der Waals surface area contributed by atoms with Crippen LogP contribution in [0.3, 0.4) is 0 Å². The molecule has 0 saturated heterocycles. The Morgan fingerprint density at radius 2 is 2.00 bits per heavy atom. The summed E-state index contributed by atoms with van der Waals surface area (Å²) in [5.74, 6) is 4.15. The van der Waals surface area contributed by atoms with Gasteiger partial charge in [-0.25, -0.2) is 0 Å². The van der Waals surface area contributed by atoms with Crippen molar-refractivity contribution in [2.24, 2.45) is 40.4 Å². The fraction of sp³-hybridized carbons (Fsp3) is 0.852. The highest BCUT2D eigenvalue weighted by Gasteiger charge is 2.58. The van der Waals surface area contributed by atoms with E-state index in [1.54, 1.807) is 5.57 Å². The van der Waals surface area contributed by atoms with Crippen LogP contribution in [0.15, 0.2) is 23.3 Å². The lowest BCUT2D eigenvalue weighted by Crippen LogP contribution is -2.50. The van der Waals surface area contributed by atoms with E-state index in [9.17, 15) is 5.11 Å². The molecule has 1 nitrogen and oxygen atoms in total. The third-order valence-electron chi connectivity index (χ3n) is 9.92. The Kier molecular flexibility index (Phi) is 5.27. The van der Waals surface area contributed by atoms with Crippen LogP contribution in [0, 0.1) is 40.4 Å². The monoisotopic (exact) mass is 386 g/mol. The third-order valence-corrected chi connectivity index (χ3v) is 9.92. The van der Waals surface area contributed by atoms with Crippen molar-refractivity contribution in [2.75, 3.05) is 0 Å². The molecule has 0 spiro atoms. The van der Waals surface area contributed by atoms with Gasteiger partial charge in [-0.3, -0.25) is 0 Å². The standard InChI is InChI=1S/C27H44O/c1-18(2)7-6-8-19(3)23-11-12-24-22-10-9-20-17-21(28)13-15-26(20,4)25(22)14-16-27(23,24)5/h7,9,19,21-25,28H,6,8,10-17H2,1-5H3/t19-,21?,22+,23-,24+,25+,26+,27-/m1/s1/i7+1D. The molecular weight excluding hydrogens is 341 g/mol. The summed E-state index contributed by atoms with van der Waals surface area (Å²) in [6, 6.07) is 0.859. The Morgan fingerprint density at radius 1 is 1.21 bits per heavy atom. The van der Waals surface area contributed by atoms with Gasteiger partial charge < -0.3 is 5.11 Å². The van der Waals surface area contributed by atoms with E-state index >= 15 is 0 Å². The summed E-state index contributed by atoms with van der Waals surface area (Å²) in [7, 11) is 0. The Balaban J connectivity index is 1.51. The average Bonchev–Trinajstić information content (AvgIpc) is 3.03. The molecule has 0 amide bonds. The van der Waals surface area contributed by atoms with E-state index in [4.69, 9.17) is 1.37 Å². The molecule has 158 valence electrons. The van der Waals surface area contributed by atoms with E-state index in [0.717, 1.165) is 54.9 Å². The molecule has 3 fully saturated rings. The van der Waals surface area contributed by atoms with E-state index in [2.05, 4.69) is 40.7 Å². The first-order valence-corrected chi connectivity index (χ1v) is 12.2. The van der Waals surface area contributed by atoms with E-state index in [1.165, 1.54) is 50.5 Å². The smallest absolute Gasteiger partial charge is 0.0577 e. The maximum Gasteiger partial charge on any atom is 0.0577 e. The number of aliphatic hydroxyl groups is 1. The molecular formula is C27H44O. The van der Waals surface area contributed by atoms with Crippen molar-refractivity contribution >= 4 is 0 Å². The number of aliphatic hydroxyl groups excluding tert-OH is 1. The summed E-state index contributed by atoms with van der Waals surface area (Å²) >= 11 is 0. The summed E-state index contributed by atoms with van der Waals surface area (Å²) in [4.78, 5) is 0. The zero-order chi connectivity index (χ0) is 21.0. The SMILES string of the molecule is [2H][13C](CC[C@@H](C)[C@H]1CC[C@H]2[C@@H]3CC=C4CC(O)CC[C@]4(C)[C@H]3CC[C@]12C)=C(C)C. The Hall–Kier alpha value is -0.560. The highest BCUT2D eigenvalue weighted by Crippen LogP contribution is 2.67. The molecule has 4 aliphatic rings. The molecule has 1 heteroatoms.